The predicted octanol–water partition coefficient (Wildman–Crippen LogP) is -1.11. The third-order valence-corrected chi connectivity index (χ3v) is 6.36. The maximum atomic E-state index is 12.2. The van der Waals surface area contributed by atoms with Gasteiger partial charge in [0.25, 0.3) is 0 Å². The van der Waals surface area contributed by atoms with E-state index in [-0.39, 0.29) is 13.0 Å². The van der Waals surface area contributed by atoms with Crippen molar-refractivity contribution < 1.29 is 34.4 Å². The second-order valence-electron chi connectivity index (χ2n) is 7.11. The van der Waals surface area contributed by atoms with E-state index in [1.165, 1.54) is 0 Å². The maximum Gasteiger partial charge on any atom is 0.343 e. The molecule has 2 aliphatic carbocycles. The Hall–Kier alpha value is -1.44. The molecule has 2 aliphatic heterocycles. The number of esters is 2. The first-order valence-corrected chi connectivity index (χ1v) is 7.38. The summed E-state index contributed by atoms with van der Waals surface area (Å²) in [6.45, 7) is 3.33. The van der Waals surface area contributed by atoms with Gasteiger partial charge in [-0.25, -0.2) is 9.59 Å². The highest BCUT2D eigenvalue weighted by atomic mass is 16.6. The third kappa shape index (κ3) is 1.15. The Morgan fingerprint density at radius 1 is 1.32 bits per heavy atom. The molecule has 3 N–H and O–H groups in total. The first kappa shape index (κ1) is 14.2. The Morgan fingerprint density at radius 3 is 2.68 bits per heavy atom. The van der Waals surface area contributed by atoms with Crippen LogP contribution in [0.2, 0.25) is 0 Å². The Kier molecular flexibility index (Phi) is 2.40. The Balaban J connectivity index is 2.00. The van der Waals surface area contributed by atoms with E-state index in [1.54, 1.807) is 19.9 Å². The van der Waals surface area contributed by atoms with Gasteiger partial charge in [0.05, 0.1) is 11.5 Å². The first-order chi connectivity index (χ1) is 10.2. The van der Waals surface area contributed by atoms with Crippen molar-refractivity contribution in [3.63, 3.8) is 0 Å². The summed E-state index contributed by atoms with van der Waals surface area (Å²) in [4.78, 5) is 24.3. The Morgan fingerprint density at radius 2 is 2.00 bits per heavy atom. The summed E-state index contributed by atoms with van der Waals surface area (Å²) in [6.07, 6.45) is -1.75. The lowest BCUT2D eigenvalue weighted by Crippen LogP contribution is -2.71. The lowest BCUT2D eigenvalue weighted by molar-refractivity contribution is -0.234. The molecular formula is C15H18O7. The molecule has 2 heterocycles. The third-order valence-electron chi connectivity index (χ3n) is 6.36. The predicted molar refractivity (Wildman–Crippen MR) is 70.2 cm³/mol. The number of rotatable bonds is 0. The van der Waals surface area contributed by atoms with Gasteiger partial charge in [-0.15, -0.1) is 0 Å². The van der Waals surface area contributed by atoms with Crippen LogP contribution < -0.4 is 0 Å². The summed E-state index contributed by atoms with van der Waals surface area (Å²) in [5.74, 6) is -2.13. The fourth-order valence-electron chi connectivity index (χ4n) is 4.94. The van der Waals surface area contributed by atoms with Crippen LogP contribution in [0.5, 0.6) is 0 Å². The fraction of sp³-hybridized carbons (Fsp3) is 0.733. The van der Waals surface area contributed by atoms with Crippen molar-refractivity contribution >= 4 is 11.9 Å². The number of fused-ring (bicyclic) bond motifs is 4. The molecule has 1 spiro atoms. The quantitative estimate of drug-likeness (QED) is 0.384. The van der Waals surface area contributed by atoms with E-state index in [0.29, 0.717) is 5.57 Å². The minimum atomic E-state index is -1.98. The van der Waals surface area contributed by atoms with Crippen molar-refractivity contribution in [2.24, 2.45) is 16.7 Å². The highest BCUT2D eigenvalue weighted by Gasteiger charge is 2.78. The highest BCUT2D eigenvalue weighted by Crippen LogP contribution is 2.67. The molecule has 4 rings (SSSR count). The molecule has 7 heteroatoms. The van der Waals surface area contributed by atoms with Crippen molar-refractivity contribution in [1.29, 1.82) is 0 Å². The molecule has 2 saturated heterocycles. The van der Waals surface area contributed by atoms with Crippen LogP contribution >= 0.6 is 0 Å². The zero-order chi connectivity index (χ0) is 16.1. The van der Waals surface area contributed by atoms with Crippen molar-refractivity contribution in [2.75, 3.05) is 6.61 Å². The lowest BCUT2D eigenvalue weighted by atomic mass is 9.49. The van der Waals surface area contributed by atoms with Gasteiger partial charge in [0.15, 0.2) is 6.10 Å². The number of aliphatic hydroxyl groups is 3. The fourth-order valence-corrected chi connectivity index (χ4v) is 4.94. The van der Waals surface area contributed by atoms with Crippen LogP contribution in [0.15, 0.2) is 11.6 Å². The molecule has 0 amide bonds. The van der Waals surface area contributed by atoms with Crippen molar-refractivity contribution in [1.82, 2.24) is 0 Å². The van der Waals surface area contributed by atoms with Gasteiger partial charge in [0, 0.05) is 11.8 Å². The second kappa shape index (κ2) is 3.72. The van der Waals surface area contributed by atoms with Crippen LogP contribution in [0.1, 0.15) is 20.3 Å². The average molecular weight is 310 g/mol. The van der Waals surface area contributed by atoms with E-state index in [0.717, 1.165) is 0 Å². The van der Waals surface area contributed by atoms with Crippen LogP contribution in [-0.4, -0.2) is 57.8 Å². The Bertz CT molecular complexity index is 627. The second-order valence-corrected chi connectivity index (χ2v) is 7.11. The summed E-state index contributed by atoms with van der Waals surface area (Å²) >= 11 is 0. The van der Waals surface area contributed by atoms with Gasteiger partial charge in [-0.05, 0) is 18.4 Å². The minimum Gasteiger partial charge on any atom is -0.462 e. The minimum absolute atomic E-state index is 0.0733. The van der Waals surface area contributed by atoms with Gasteiger partial charge < -0.3 is 24.8 Å². The lowest BCUT2D eigenvalue weighted by Gasteiger charge is -2.58. The zero-order valence-corrected chi connectivity index (χ0v) is 12.3. The van der Waals surface area contributed by atoms with Crippen LogP contribution in [0.25, 0.3) is 0 Å². The molecule has 7 nitrogen and oxygen atoms in total. The van der Waals surface area contributed by atoms with Gasteiger partial charge in [0.1, 0.15) is 12.7 Å². The van der Waals surface area contributed by atoms with Gasteiger partial charge in [-0.3, -0.25) is 0 Å². The summed E-state index contributed by atoms with van der Waals surface area (Å²) in [5.41, 5.74) is -3.63. The first-order valence-electron chi connectivity index (χ1n) is 7.38. The van der Waals surface area contributed by atoms with Crippen LogP contribution in [0.4, 0.5) is 0 Å². The Labute approximate surface area is 126 Å². The molecule has 0 radical (unpaired) electrons. The van der Waals surface area contributed by atoms with Gasteiger partial charge >= 0.3 is 11.9 Å². The topological polar surface area (TPSA) is 113 Å². The van der Waals surface area contributed by atoms with Crippen LogP contribution in [0.3, 0.4) is 0 Å². The zero-order valence-electron chi connectivity index (χ0n) is 12.3. The summed E-state index contributed by atoms with van der Waals surface area (Å²) in [6, 6.07) is 0. The number of hydrogen-bond donors (Lipinski definition) is 3. The molecule has 0 aromatic rings. The summed E-state index contributed by atoms with van der Waals surface area (Å²) in [7, 11) is 0. The maximum absolute atomic E-state index is 12.2. The van der Waals surface area contributed by atoms with Crippen molar-refractivity contribution in [3.05, 3.63) is 11.6 Å². The molecular weight excluding hydrogens is 292 g/mol. The van der Waals surface area contributed by atoms with E-state index >= 15 is 0 Å². The SMILES string of the molecule is C[C@H]1[C@@H](O)C=C2[C@@]13C[C@H](OC(=O)[C@H]3O)[C@@]1(O)C(=O)OC[C@@]21C. The van der Waals surface area contributed by atoms with Gasteiger partial charge in [0.2, 0.25) is 5.60 Å². The highest BCUT2D eigenvalue weighted by molar-refractivity contribution is 5.88. The molecule has 22 heavy (non-hydrogen) atoms. The molecule has 1 saturated carbocycles. The number of cyclic esters (lactones) is 1. The molecule has 2 bridgehead atoms. The number of hydrogen-bond acceptors (Lipinski definition) is 7. The molecule has 0 aromatic carbocycles. The summed E-state index contributed by atoms with van der Waals surface area (Å²) in [5, 5.41) is 31.8. The number of ether oxygens (including phenoxy) is 2. The van der Waals surface area contributed by atoms with Crippen molar-refractivity contribution in [2.45, 2.75) is 44.2 Å². The largest absolute Gasteiger partial charge is 0.462 e. The van der Waals surface area contributed by atoms with Crippen molar-refractivity contribution in [3.8, 4) is 0 Å². The number of carbonyl (C=O) groups is 2. The monoisotopic (exact) mass is 310 g/mol. The van der Waals surface area contributed by atoms with Crippen LogP contribution in [-0.2, 0) is 19.1 Å². The van der Waals surface area contributed by atoms with Gasteiger partial charge in [-0.2, -0.15) is 0 Å². The standard InChI is InChI=1S/C15H18O7/c1-6-7(16)3-8-13(2)5-21-12(19)15(13,20)9-4-14(6,8)10(17)11(18)22-9/h3,6-7,9-10,16-17,20H,4-5H2,1-2H3/t6-,7-,9-,10+,13-,14+,15+/m0/s1. The molecule has 0 aromatic heterocycles. The number of carbonyl (C=O) groups excluding carboxylic acids is 2. The average Bonchev–Trinajstić information content (AvgIpc) is 2.87. The molecule has 7 atom stereocenters. The normalized spacial score (nSPS) is 56.0. The smallest absolute Gasteiger partial charge is 0.343 e. The summed E-state index contributed by atoms with van der Waals surface area (Å²) < 4.78 is 10.2. The van der Waals surface area contributed by atoms with E-state index in [9.17, 15) is 24.9 Å². The number of aliphatic hydroxyl groups excluding tert-OH is 2. The van der Waals surface area contributed by atoms with Gasteiger partial charge in [-0.1, -0.05) is 13.0 Å². The molecule has 4 aliphatic rings. The molecule has 120 valence electrons. The molecule has 0 unspecified atom stereocenters. The van der Waals surface area contributed by atoms with E-state index < -0.39 is 52.6 Å². The van der Waals surface area contributed by atoms with E-state index in [1.807, 2.05) is 0 Å². The van der Waals surface area contributed by atoms with E-state index in [2.05, 4.69) is 0 Å². The molecule has 3 fully saturated rings. The van der Waals surface area contributed by atoms with Crippen LogP contribution in [0, 0.1) is 16.7 Å². The van der Waals surface area contributed by atoms with E-state index in [4.69, 9.17) is 9.47 Å².